The number of nitrogens with zero attached hydrogens (tertiary/aromatic N) is 2. The van der Waals surface area contributed by atoms with E-state index in [0.717, 1.165) is 23.9 Å². The van der Waals surface area contributed by atoms with Crippen molar-refractivity contribution in [3.05, 3.63) is 35.0 Å². The summed E-state index contributed by atoms with van der Waals surface area (Å²) in [5.74, 6) is 0. The number of fused-ring (bicyclic) bond motifs is 3. The van der Waals surface area contributed by atoms with E-state index in [2.05, 4.69) is 36.1 Å². The van der Waals surface area contributed by atoms with Crippen LogP contribution in [0.3, 0.4) is 0 Å². The van der Waals surface area contributed by atoms with Crippen molar-refractivity contribution in [2.45, 2.75) is 25.3 Å². The third-order valence-electron chi connectivity index (χ3n) is 4.05. The SMILES string of the molecule is CN(C)C1CCc2[nH]c3c(C#N)cccc3c2C1. The maximum atomic E-state index is 9.16. The molecule has 3 heteroatoms. The Morgan fingerprint density at radius 1 is 1.39 bits per heavy atom. The van der Waals surface area contributed by atoms with E-state index in [9.17, 15) is 0 Å². The van der Waals surface area contributed by atoms with Crippen molar-refractivity contribution in [3.63, 3.8) is 0 Å². The van der Waals surface area contributed by atoms with Gasteiger partial charge in [-0.2, -0.15) is 5.26 Å². The number of hydrogen-bond acceptors (Lipinski definition) is 2. The molecule has 3 nitrogen and oxygen atoms in total. The molecule has 0 radical (unpaired) electrons. The highest BCUT2D eigenvalue weighted by molar-refractivity contribution is 5.89. The van der Waals surface area contributed by atoms with Crippen LogP contribution in [0.15, 0.2) is 18.2 Å². The van der Waals surface area contributed by atoms with E-state index in [4.69, 9.17) is 5.26 Å². The molecule has 1 aliphatic carbocycles. The molecule has 1 aliphatic rings. The van der Waals surface area contributed by atoms with Gasteiger partial charge in [-0.05, 0) is 45.0 Å². The third kappa shape index (κ3) is 1.61. The van der Waals surface area contributed by atoms with Gasteiger partial charge in [-0.1, -0.05) is 12.1 Å². The first-order chi connectivity index (χ1) is 8.70. The van der Waals surface area contributed by atoms with Crippen LogP contribution in [0.25, 0.3) is 10.9 Å². The number of aromatic amines is 1. The fourth-order valence-corrected chi connectivity index (χ4v) is 2.96. The third-order valence-corrected chi connectivity index (χ3v) is 4.05. The lowest BCUT2D eigenvalue weighted by molar-refractivity contribution is 0.268. The number of rotatable bonds is 1. The summed E-state index contributed by atoms with van der Waals surface area (Å²) in [6, 6.07) is 8.88. The Kier molecular flexibility index (Phi) is 2.61. The Hall–Kier alpha value is -1.79. The molecule has 2 aromatic rings. The van der Waals surface area contributed by atoms with Crippen molar-refractivity contribution in [2.24, 2.45) is 0 Å². The summed E-state index contributed by atoms with van der Waals surface area (Å²) in [5, 5.41) is 10.4. The lowest BCUT2D eigenvalue weighted by Crippen LogP contribution is -2.33. The molecule has 0 fully saturated rings. The number of nitriles is 1. The van der Waals surface area contributed by atoms with E-state index in [-0.39, 0.29) is 0 Å². The number of para-hydroxylation sites is 1. The highest BCUT2D eigenvalue weighted by Crippen LogP contribution is 2.31. The zero-order valence-corrected chi connectivity index (χ0v) is 10.8. The molecule has 0 spiro atoms. The van der Waals surface area contributed by atoms with Crippen LogP contribution in [-0.4, -0.2) is 30.0 Å². The molecular weight excluding hydrogens is 222 g/mol. The largest absolute Gasteiger partial charge is 0.357 e. The Morgan fingerprint density at radius 2 is 2.22 bits per heavy atom. The standard InChI is InChI=1S/C15H17N3/c1-18(2)11-6-7-14-13(8-11)12-5-3-4-10(9-16)15(12)17-14/h3-5,11,17H,6-8H2,1-2H3. The number of aryl methyl sites for hydroxylation is 1. The molecule has 3 rings (SSSR count). The average Bonchev–Trinajstić information content (AvgIpc) is 2.76. The van der Waals surface area contributed by atoms with Gasteiger partial charge in [0.05, 0.1) is 11.1 Å². The van der Waals surface area contributed by atoms with Gasteiger partial charge in [-0.3, -0.25) is 0 Å². The molecule has 0 bridgehead atoms. The van der Waals surface area contributed by atoms with Crippen LogP contribution >= 0.6 is 0 Å². The summed E-state index contributed by atoms with van der Waals surface area (Å²) in [5.41, 5.74) is 4.51. The van der Waals surface area contributed by atoms with Crippen molar-refractivity contribution in [1.29, 1.82) is 5.26 Å². The molecule has 1 N–H and O–H groups in total. The van der Waals surface area contributed by atoms with Gasteiger partial charge < -0.3 is 9.88 Å². The molecule has 18 heavy (non-hydrogen) atoms. The van der Waals surface area contributed by atoms with Gasteiger partial charge in [0.15, 0.2) is 0 Å². The van der Waals surface area contributed by atoms with Crippen molar-refractivity contribution < 1.29 is 0 Å². The summed E-state index contributed by atoms with van der Waals surface area (Å²) >= 11 is 0. The summed E-state index contributed by atoms with van der Waals surface area (Å²) in [7, 11) is 4.29. The second kappa shape index (κ2) is 4.15. The maximum absolute atomic E-state index is 9.16. The summed E-state index contributed by atoms with van der Waals surface area (Å²) in [4.78, 5) is 5.76. The molecule has 1 heterocycles. The molecule has 92 valence electrons. The van der Waals surface area contributed by atoms with Crippen molar-refractivity contribution >= 4 is 10.9 Å². The van der Waals surface area contributed by atoms with Gasteiger partial charge in [-0.15, -0.1) is 0 Å². The maximum Gasteiger partial charge on any atom is 0.101 e. The molecule has 0 saturated carbocycles. The molecular formula is C15H17N3. The van der Waals surface area contributed by atoms with Crippen molar-refractivity contribution in [2.75, 3.05) is 14.1 Å². The summed E-state index contributed by atoms with van der Waals surface area (Å²) in [6.45, 7) is 0. The lowest BCUT2D eigenvalue weighted by atomic mass is 9.91. The van der Waals surface area contributed by atoms with Crippen LogP contribution in [0.4, 0.5) is 0 Å². The molecule has 1 aromatic heterocycles. The van der Waals surface area contributed by atoms with Crippen LogP contribution in [-0.2, 0) is 12.8 Å². The predicted octanol–water partition coefficient (Wildman–Crippen LogP) is 2.46. The number of likely N-dealkylation sites (N-methyl/N-ethyl adjacent to an activating group) is 1. The molecule has 0 saturated heterocycles. The summed E-state index contributed by atoms with van der Waals surface area (Å²) in [6.07, 6.45) is 3.35. The van der Waals surface area contributed by atoms with Crippen LogP contribution in [0, 0.1) is 11.3 Å². The fraction of sp³-hybridized carbons (Fsp3) is 0.400. The van der Waals surface area contributed by atoms with E-state index >= 15 is 0 Å². The van der Waals surface area contributed by atoms with E-state index in [0.29, 0.717) is 6.04 Å². The van der Waals surface area contributed by atoms with E-state index in [1.165, 1.54) is 23.1 Å². The minimum absolute atomic E-state index is 0.613. The van der Waals surface area contributed by atoms with Gasteiger partial charge in [0.1, 0.15) is 6.07 Å². The van der Waals surface area contributed by atoms with Gasteiger partial charge >= 0.3 is 0 Å². The van der Waals surface area contributed by atoms with Crippen molar-refractivity contribution in [3.8, 4) is 6.07 Å². The Morgan fingerprint density at radius 3 is 2.94 bits per heavy atom. The average molecular weight is 239 g/mol. The quantitative estimate of drug-likeness (QED) is 0.830. The van der Waals surface area contributed by atoms with Gasteiger partial charge in [0.2, 0.25) is 0 Å². The zero-order chi connectivity index (χ0) is 12.7. The second-order valence-electron chi connectivity index (χ2n) is 5.28. The van der Waals surface area contributed by atoms with Gasteiger partial charge in [-0.25, -0.2) is 0 Å². The number of benzene rings is 1. The number of H-pyrrole nitrogens is 1. The monoisotopic (exact) mass is 239 g/mol. The fourth-order valence-electron chi connectivity index (χ4n) is 2.96. The highest BCUT2D eigenvalue weighted by Gasteiger charge is 2.24. The van der Waals surface area contributed by atoms with E-state index in [1.807, 2.05) is 12.1 Å². The highest BCUT2D eigenvalue weighted by atomic mass is 15.1. The van der Waals surface area contributed by atoms with E-state index < -0.39 is 0 Å². The molecule has 0 aliphatic heterocycles. The number of aromatic nitrogens is 1. The van der Waals surface area contributed by atoms with E-state index in [1.54, 1.807) is 0 Å². The van der Waals surface area contributed by atoms with Gasteiger partial charge in [0.25, 0.3) is 0 Å². The lowest BCUT2D eigenvalue weighted by Gasteiger charge is -2.28. The van der Waals surface area contributed by atoms with Crippen LogP contribution in [0.2, 0.25) is 0 Å². The van der Waals surface area contributed by atoms with Crippen LogP contribution in [0.1, 0.15) is 23.2 Å². The number of hydrogen-bond donors (Lipinski definition) is 1. The first-order valence-corrected chi connectivity index (χ1v) is 6.39. The first kappa shape index (κ1) is 11.3. The molecule has 1 unspecified atom stereocenters. The predicted molar refractivity (Wildman–Crippen MR) is 72.5 cm³/mol. The minimum Gasteiger partial charge on any atom is -0.357 e. The van der Waals surface area contributed by atoms with Crippen LogP contribution in [0.5, 0.6) is 0 Å². The van der Waals surface area contributed by atoms with Crippen molar-refractivity contribution in [1.82, 2.24) is 9.88 Å². The van der Waals surface area contributed by atoms with Crippen LogP contribution < -0.4 is 0 Å². The first-order valence-electron chi connectivity index (χ1n) is 6.39. The Balaban J connectivity index is 2.15. The zero-order valence-electron chi connectivity index (χ0n) is 10.8. The molecule has 0 amide bonds. The molecule has 1 atom stereocenters. The normalized spacial score (nSPS) is 18.9. The second-order valence-corrected chi connectivity index (χ2v) is 5.28. The number of nitrogens with one attached hydrogen (secondary N) is 1. The van der Waals surface area contributed by atoms with Gasteiger partial charge in [0, 0.05) is 17.1 Å². The molecule has 1 aromatic carbocycles. The Bertz CT molecular complexity index is 631. The summed E-state index contributed by atoms with van der Waals surface area (Å²) < 4.78 is 0. The smallest absolute Gasteiger partial charge is 0.101 e. The Labute approximate surface area is 107 Å². The minimum atomic E-state index is 0.613. The topological polar surface area (TPSA) is 42.8 Å².